The van der Waals surface area contributed by atoms with Crippen molar-refractivity contribution < 1.29 is 4.92 Å². The van der Waals surface area contributed by atoms with E-state index < -0.39 is 0 Å². The maximum atomic E-state index is 11.4. The molecule has 0 atom stereocenters. The van der Waals surface area contributed by atoms with E-state index in [4.69, 9.17) is 4.98 Å². The van der Waals surface area contributed by atoms with Gasteiger partial charge >= 0.3 is 0 Å². The normalized spacial score (nSPS) is 11.1. The number of nitro benzene ring substituents is 1. The van der Waals surface area contributed by atoms with Crippen molar-refractivity contribution in [2.45, 2.75) is 26.7 Å². The second-order valence-corrected chi connectivity index (χ2v) is 5.88. The highest BCUT2D eigenvalue weighted by atomic mass is 16.6. The van der Waals surface area contributed by atoms with Gasteiger partial charge in [0.25, 0.3) is 5.69 Å². The predicted molar refractivity (Wildman–Crippen MR) is 90.5 cm³/mol. The summed E-state index contributed by atoms with van der Waals surface area (Å²) in [7, 11) is 0. The minimum absolute atomic E-state index is 0.104. The van der Waals surface area contributed by atoms with Gasteiger partial charge in [-0.3, -0.25) is 15.1 Å². The van der Waals surface area contributed by atoms with Crippen LogP contribution in [0.5, 0.6) is 0 Å². The molecular weight excluding hydrogens is 290 g/mol. The molecule has 0 radical (unpaired) electrons. The van der Waals surface area contributed by atoms with Gasteiger partial charge in [-0.2, -0.15) is 0 Å². The third-order valence-corrected chi connectivity index (χ3v) is 3.94. The number of nitro groups is 1. The van der Waals surface area contributed by atoms with E-state index in [1.54, 1.807) is 18.5 Å². The molecule has 2 aromatic heterocycles. The fraction of sp³-hybridized carbons (Fsp3) is 0.222. The first-order valence-corrected chi connectivity index (χ1v) is 7.48. The maximum absolute atomic E-state index is 11.4. The molecule has 5 heteroatoms. The molecule has 0 unspecified atom stereocenters. The van der Waals surface area contributed by atoms with Crippen LogP contribution in [0.3, 0.4) is 0 Å². The molecule has 0 saturated heterocycles. The molecule has 0 fully saturated rings. The van der Waals surface area contributed by atoms with Crippen molar-refractivity contribution in [3.8, 4) is 11.3 Å². The molecule has 0 aliphatic rings. The Balaban J connectivity index is 2.38. The summed E-state index contributed by atoms with van der Waals surface area (Å²) in [6.07, 6.45) is 3.46. The number of aromatic nitrogens is 2. The zero-order chi connectivity index (χ0) is 16.6. The molecule has 0 N–H and O–H groups in total. The molecule has 3 rings (SSSR count). The number of benzene rings is 1. The smallest absolute Gasteiger partial charge is 0.264 e. The van der Waals surface area contributed by atoms with Gasteiger partial charge in [-0.1, -0.05) is 13.8 Å². The molecule has 2 heterocycles. The standard InChI is InChI=1S/C18H17N3O2/c1-11(2)14-6-7-16(21(22)23)17-12(3)9-15(20-18(14)17)13-5-4-8-19-10-13/h4-11H,1-3H3. The van der Waals surface area contributed by atoms with E-state index in [2.05, 4.69) is 18.8 Å². The average Bonchev–Trinajstić information content (AvgIpc) is 2.54. The molecule has 23 heavy (non-hydrogen) atoms. The summed E-state index contributed by atoms with van der Waals surface area (Å²) in [6.45, 7) is 6.02. The Labute approximate surface area is 134 Å². The van der Waals surface area contributed by atoms with E-state index >= 15 is 0 Å². The van der Waals surface area contributed by atoms with Crippen LogP contribution in [0.4, 0.5) is 5.69 Å². The van der Waals surface area contributed by atoms with Crippen LogP contribution in [0.15, 0.2) is 42.7 Å². The van der Waals surface area contributed by atoms with E-state index in [1.165, 1.54) is 0 Å². The zero-order valence-corrected chi connectivity index (χ0v) is 13.3. The second kappa shape index (κ2) is 5.76. The summed E-state index contributed by atoms with van der Waals surface area (Å²) in [5, 5.41) is 12.0. The number of pyridine rings is 2. The van der Waals surface area contributed by atoms with Crippen LogP contribution in [0.2, 0.25) is 0 Å². The highest BCUT2D eigenvalue weighted by molar-refractivity contribution is 5.95. The average molecular weight is 307 g/mol. The molecule has 0 aliphatic carbocycles. The molecule has 116 valence electrons. The van der Waals surface area contributed by atoms with Gasteiger partial charge in [0.15, 0.2) is 0 Å². The van der Waals surface area contributed by atoms with E-state index in [9.17, 15) is 10.1 Å². The SMILES string of the molecule is Cc1cc(-c2cccnc2)nc2c(C(C)C)ccc([N+](=O)[O-])c12. The van der Waals surface area contributed by atoms with Gasteiger partial charge in [0.1, 0.15) is 0 Å². The quantitative estimate of drug-likeness (QED) is 0.522. The van der Waals surface area contributed by atoms with Gasteiger partial charge in [-0.05, 0) is 48.2 Å². The molecular formula is C18H17N3O2. The lowest BCUT2D eigenvalue weighted by molar-refractivity contribution is -0.383. The van der Waals surface area contributed by atoms with Gasteiger partial charge < -0.3 is 0 Å². The summed E-state index contributed by atoms with van der Waals surface area (Å²) >= 11 is 0. The lowest BCUT2D eigenvalue weighted by atomic mass is 9.95. The Morgan fingerprint density at radius 3 is 2.61 bits per heavy atom. The lowest BCUT2D eigenvalue weighted by Gasteiger charge is -2.13. The van der Waals surface area contributed by atoms with Gasteiger partial charge in [-0.15, -0.1) is 0 Å². The van der Waals surface area contributed by atoms with Crippen molar-refractivity contribution in [1.29, 1.82) is 0 Å². The Morgan fingerprint density at radius 2 is 2.00 bits per heavy atom. The van der Waals surface area contributed by atoms with E-state index in [0.29, 0.717) is 10.9 Å². The third kappa shape index (κ3) is 2.65. The molecule has 0 spiro atoms. The molecule has 0 amide bonds. The molecule has 0 bridgehead atoms. The lowest BCUT2D eigenvalue weighted by Crippen LogP contribution is -1.99. The van der Waals surface area contributed by atoms with Crippen molar-refractivity contribution >= 4 is 16.6 Å². The van der Waals surface area contributed by atoms with Gasteiger partial charge in [-0.25, -0.2) is 4.98 Å². The van der Waals surface area contributed by atoms with Crippen LogP contribution >= 0.6 is 0 Å². The fourth-order valence-corrected chi connectivity index (χ4v) is 2.82. The van der Waals surface area contributed by atoms with E-state index in [-0.39, 0.29) is 16.5 Å². The number of rotatable bonds is 3. The van der Waals surface area contributed by atoms with E-state index in [0.717, 1.165) is 22.4 Å². The van der Waals surface area contributed by atoms with Gasteiger partial charge in [0, 0.05) is 24.0 Å². The molecule has 0 saturated carbocycles. The predicted octanol–water partition coefficient (Wildman–Crippen LogP) is 4.64. The molecule has 3 aromatic rings. The highest BCUT2D eigenvalue weighted by Crippen LogP contribution is 2.35. The van der Waals surface area contributed by atoms with Crippen LogP contribution in [0.25, 0.3) is 22.2 Å². The van der Waals surface area contributed by atoms with Crippen molar-refractivity contribution in [3.63, 3.8) is 0 Å². The van der Waals surface area contributed by atoms with Crippen LogP contribution in [0, 0.1) is 17.0 Å². The summed E-state index contributed by atoms with van der Waals surface area (Å²) in [5.41, 5.74) is 4.35. The summed E-state index contributed by atoms with van der Waals surface area (Å²) in [4.78, 5) is 19.9. The molecule has 1 aromatic carbocycles. The van der Waals surface area contributed by atoms with E-state index in [1.807, 2.05) is 31.2 Å². The largest absolute Gasteiger partial charge is 0.279 e. The Bertz CT molecular complexity index is 890. The first-order valence-electron chi connectivity index (χ1n) is 7.48. The minimum atomic E-state index is -0.342. The summed E-state index contributed by atoms with van der Waals surface area (Å²) in [6, 6.07) is 9.07. The van der Waals surface area contributed by atoms with Crippen LogP contribution in [0.1, 0.15) is 30.9 Å². The first kappa shape index (κ1) is 15.1. The number of hydrogen-bond donors (Lipinski definition) is 0. The second-order valence-electron chi connectivity index (χ2n) is 5.88. The van der Waals surface area contributed by atoms with Crippen molar-refractivity contribution in [2.24, 2.45) is 0 Å². The highest BCUT2D eigenvalue weighted by Gasteiger charge is 2.20. The Hall–Kier alpha value is -2.82. The Morgan fingerprint density at radius 1 is 1.22 bits per heavy atom. The topological polar surface area (TPSA) is 68.9 Å². The summed E-state index contributed by atoms with van der Waals surface area (Å²) in [5.74, 6) is 0.231. The summed E-state index contributed by atoms with van der Waals surface area (Å²) < 4.78 is 0. The van der Waals surface area contributed by atoms with Crippen LogP contribution in [-0.4, -0.2) is 14.9 Å². The zero-order valence-electron chi connectivity index (χ0n) is 13.3. The van der Waals surface area contributed by atoms with Crippen LogP contribution in [-0.2, 0) is 0 Å². The first-order chi connectivity index (χ1) is 11.0. The minimum Gasteiger partial charge on any atom is -0.264 e. The number of aryl methyl sites for hydroxylation is 1. The monoisotopic (exact) mass is 307 g/mol. The number of nitrogens with zero attached hydrogens (tertiary/aromatic N) is 3. The molecule has 5 nitrogen and oxygen atoms in total. The maximum Gasteiger partial charge on any atom is 0.279 e. The van der Waals surface area contributed by atoms with Crippen LogP contribution < -0.4 is 0 Å². The third-order valence-electron chi connectivity index (χ3n) is 3.94. The molecule has 0 aliphatic heterocycles. The van der Waals surface area contributed by atoms with Gasteiger partial charge in [0.05, 0.1) is 21.5 Å². The van der Waals surface area contributed by atoms with Crippen molar-refractivity contribution in [2.75, 3.05) is 0 Å². The number of hydrogen-bond acceptors (Lipinski definition) is 4. The van der Waals surface area contributed by atoms with Crippen molar-refractivity contribution in [1.82, 2.24) is 9.97 Å². The Kier molecular flexibility index (Phi) is 3.78. The number of fused-ring (bicyclic) bond motifs is 1. The number of non-ortho nitro benzene ring substituents is 1. The van der Waals surface area contributed by atoms with Gasteiger partial charge in [0.2, 0.25) is 0 Å². The fourth-order valence-electron chi connectivity index (χ4n) is 2.82. The van der Waals surface area contributed by atoms with Crippen molar-refractivity contribution in [3.05, 3.63) is 64.0 Å².